The maximum Gasteiger partial charge on any atom is 0.407 e. The van der Waals surface area contributed by atoms with Gasteiger partial charge in [0.25, 0.3) is 0 Å². The van der Waals surface area contributed by atoms with Crippen molar-refractivity contribution in [1.29, 1.82) is 0 Å². The number of hydrogen-bond acceptors (Lipinski definition) is 4. The molecule has 1 rings (SSSR count). The van der Waals surface area contributed by atoms with Crippen molar-refractivity contribution in [2.45, 2.75) is 33.6 Å². The molecule has 1 aromatic carbocycles. The van der Waals surface area contributed by atoms with E-state index in [1.807, 2.05) is 32.0 Å². The van der Waals surface area contributed by atoms with E-state index in [9.17, 15) is 9.59 Å². The Morgan fingerprint density at radius 1 is 1.09 bits per heavy atom. The summed E-state index contributed by atoms with van der Waals surface area (Å²) in [5.74, 6) is 0.840. The maximum atomic E-state index is 11.6. The molecule has 0 saturated heterocycles. The summed E-state index contributed by atoms with van der Waals surface area (Å²) in [5, 5.41) is 5.28. The third-order valence-corrected chi connectivity index (χ3v) is 3.20. The molecule has 128 valence electrons. The van der Waals surface area contributed by atoms with Crippen LogP contribution in [0.2, 0.25) is 0 Å². The van der Waals surface area contributed by atoms with Crippen LogP contribution in [0.3, 0.4) is 0 Å². The first-order valence-corrected chi connectivity index (χ1v) is 7.91. The van der Waals surface area contributed by atoms with Gasteiger partial charge in [-0.1, -0.05) is 18.2 Å². The average molecular weight is 322 g/mol. The fraction of sp³-hybridized carbons (Fsp3) is 0.529. The fourth-order valence-electron chi connectivity index (χ4n) is 2.07. The first-order chi connectivity index (χ1) is 11.0. The zero-order chi connectivity index (χ0) is 17.1. The highest BCUT2D eigenvalue weighted by Crippen LogP contribution is 2.22. The van der Waals surface area contributed by atoms with E-state index in [0.717, 1.165) is 16.9 Å². The third kappa shape index (κ3) is 7.54. The van der Waals surface area contributed by atoms with Gasteiger partial charge in [-0.25, -0.2) is 4.79 Å². The molecule has 1 aromatic rings. The largest absolute Gasteiger partial charge is 0.493 e. The number of para-hydroxylation sites is 1. The second kappa shape index (κ2) is 10.5. The second-order valence-electron chi connectivity index (χ2n) is 5.17. The molecular formula is C17H26N2O4. The molecule has 23 heavy (non-hydrogen) atoms. The van der Waals surface area contributed by atoms with E-state index in [4.69, 9.17) is 9.47 Å². The minimum Gasteiger partial charge on any atom is -0.493 e. The topological polar surface area (TPSA) is 76.7 Å². The number of amides is 2. The molecule has 0 aliphatic rings. The van der Waals surface area contributed by atoms with Crippen molar-refractivity contribution in [3.05, 3.63) is 29.3 Å². The van der Waals surface area contributed by atoms with Crippen molar-refractivity contribution in [1.82, 2.24) is 10.6 Å². The first-order valence-electron chi connectivity index (χ1n) is 7.91. The minimum absolute atomic E-state index is 0.0548. The lowest BCUT2D eigenvalue weighted by Gasteiger charge is -2.12. The van der Waals surface area contributed by atoms with Gasteiger partial charge in [0.1, 0.15) is 5.75 Å². The molecule has 0 spiro atoms. The van der Waals surface area contributed by atoms with E-state index in [1.54, 1.807) is 6.92 Å². The van der Waals surface area contributed by atoms with Crippen molar-refractivity contribution in [3.8, 4) is 5.75 Å². The Hall–Kier alpha value is -2.24. The lowest BCUT2D eigenvalue weighted by atomic mass is 10.1. The van der Waals surface area contributed by atoms with E-state index in [-0.39, 0.29) is 5.91 Å². The first kappa shape index (κ1) is 18.8. The summed E-state index contributed by atoms with van der Waals surface area (Å²) >= 11 is 0. The van der Waals surface area contributed by atoms with Crippen molar-refractivity contribution >= 4 is 12.0 Å². The summed E-state index contributed by atoms with van der Waals surface area (Å²) < 4.78 is 10.5. The predicted octanol–water partition coefficient (Wildman–Crippen LogP) is 2.32. The van der Waals surface area contributed by atoms with E-state index in [2.05, 4.69) is 10.6 Å². The number of benzene rings is 1. The van der Waals surface area contributed by atoms with E-state index < -0.39 is 6.09 Å². The molecule has 2 amide bonds. The van der Waals surface area contributed by atoms with Crippen LogP contribution in [0.1, 0.15) is 30.9 Å². The van der Waals surface area contributed by atoms with Crippen LogP contribution in [0.4, 0.5) is 4.79 Å². The molecule has 0 atom stereocenters. The van der Waals surface area contributed by atoms with Crippen molar-refractivity contribution in [3.63, 3.8) is 0 Å². The Balaban J connectivity index is 2.11. The molecule has 0 heterocycles. The van der Waals surface area contributed by atoms with Crippen LogP contribution in [0, 0.1) is 13.8 Å². The van der Waals surface area contributed by atoms with Crippen LogP contribution < -0.4 is 15.4 Å². The Morgan fingerprint density at radius 2 is 1.74 bits per heavy atom. The fourth-order valence-corrected chi connectivity index (χ4v) is 2.07. The van der Waals surface area contributed by atoms with Crippen molar-refractivity contribution in [2.75, 3.05) is 26.3 Å². The molecule has 0 radical (unpaired) electrons. The highest BCUT2D eigenvalue weighted by molar-refractivity contribution is 5.75. The van der Waals surface area contributed by atoms with Gasteiger partial charge in [-0.15, -0.1) is 0 Å². The number of ether oxygens (including phenoxy) is 2. The summed E-state index contributed by atoms with van der Waals surface area (Å²) in [6, 6.07) is 6.01. The van der Waals surface area contributed by atoms with Crippen LogP contribution in [0.25, 0.3) is 0 Å². The van der Waals surface area contributed by atoms with Gasteiger partial charge in [-0.05, 0) is 38.3 Å². The number of rotatable bonds is 9. The molecule has 6 nitrogen and oxygen atoms in total. The number of aryl methyl sites for hydroxylation is 2. The average Bonchev–Trinajstić information content (AvgIpc) is 2.50. The number of carbonyl (C=O) groups excluding carboxylic acids is 2. The zero-order valence-electron chi connectivity index (χ0n) is 14.1. The number of hydrogen-bond donors (Lipinski definition) is 2. The van der Waals surface area contributed by atoms with Gasteiger partial charge in [-0.2, -0.15) is 0 Å². The van der Waals surface area contributed by atoms with E-state index >= 15 is 0 Å². The third-order valence-electron chi connectivity index (χ3n) is 3.20. The second-order valence-corrected chi connectivity index (χ2v) is 5.17. The van der Waals surface area contributed by atoms with Crippen molar-refractivity contribution in [2.24, 2.45) is 0 Å². The van der Waals surface area contributed by atoms with Gasteiger partial charge in [-0.3, -0.25) is 4.79 Å². The molecule has 6 heteroatoms. The Kier molecular flexibility index (Phi) is 8.57. The van der Waals surface area contributed by atoms with Gasteiger partial charge in [0.2, 0.25) is 5.91 Å². The normalized spacial score (nSPS) is 10.0. The van der Waals surface area contributed by atoms with Crippen LogP contribution in [0.15, 0.2) is 18.2 Å². The summed E-state index contributed by atoms with van der Waals surface area (Å²) in [5.41, 5.74) is 2.19. The minimum atomic E-state index is -0.469. The summed E-state index contributed by atoms with van der Waals surface area (Å²) in [4.78, 5) is 22.7. The molecule has 0 aromatic heterocycles. The molecule has 0 bridgehead atoms. The Bertz CT molecular complexity index is 497. The van der Waals surface area contributed by atoms with Gasteiger partial charge in [0.05, 0.1) is 13.2 Å². The van der Waals surface area contributed by atoms with Gasteiger partial charge >= 0.3 is 6.09 Å². The van der Waals surface area contributed by atoms with Crippen LogP contribution in [-0.2, 0) is 9.53 Å². The van der Waals surface area contributed by atoms with Gasteiger partial charge in [0.15, 0.2) is 0 Å². The summed E-state index contributed by atoms with van der Waals surface area (Å²) in [6.45, 7) is 7.32. The molecule has 0 unspecified atom stereocenters. The molecular weight excluding hydrogens is 296 g/mol. The Labute approximate surface area is 137 Å². The summed E-state index contributed by atoms with van der Waals surface area (Å²) in [7, 11) is 0. The SMILES string of the molecule is CCOC(=O)NCCNC(=O)CCCOc1c(C)cccc1C. The quantitative estimate of drug-likeness (QED) is 0.684. The molecule has 0 aliphatic carbocycles. The molecule has 0 fully saturated rings. The zero-order valence-corrected chi connectivity index (χ0v) is 14.1. The lowest BCUT2D eigenvalue weighted by molar-refractivity contribution is -0.121. The smallest absolute Gasteiger partial charge is 0.407 e. The number of nitrogens with one attached hydrogen (secondary N) is 2. The molecule has 0 aliphatic heterocycles. The number of alkyl carbamates (subject to hydrolysis) is 1. The molecule has 2 N–H and O–H groups in total. The highest BCUT2D eigenvalue weighted by atomic mass is 16.5. The standard InChI is InChI=1S/C17H26N2O4/c1-4-22-17(21)19-11-10-18-15(20)9-6-12-23-16-13(2)7-5-8-14(16)3/h5,7-8H,4,6,9-12H2,1-3H3,(H,18,20)(H,19,21). The van der Waals surface area contributed by atoms with Crippen LogP contribution in [-0.4, -0.2) is 38.3 Å². The van der Waals surface area contributed by atoms with E-state index in [0.29, 0.717) is 39.1 Å². The monoisotopic (exact) mass is 322 g/mol. The van der Waals surface area contributed by atoms with E-state index in [1.165, 1.54) is 0 Å². The predicted molar refractivity (Wildman–Crippen MR) is 88.7 cm³/mol. The highest BCUT2D eigenvalue weighted by Gasteiger charge is 2.05. The summed E-state index contributed by atoms with van der Waals surface area (Å²) in [6.07, 6.45) is 0.568. The number of carbonyl (C=O) groups is 2. The lowest BCUT2D eigenvalue weighted by Crippen LogP contribution is -2.35. The van der Waals surface area contributed by atoms with Crippen molar-refractivity contribution < 1.29 is 19.1 Å². The maximum absolute atomic E-state index is 11.6. The molecule has 0 saturated carbocycles. The van der Waals surface area contributed by atoms with Crippen LogP contribution in [0.5, 0.6) is 5.75 Å². The van der Waals surface area contributed by atoms with Gasteiger partial charge < -0.3 is 20.1 Å². The Morgan fingerprint density at radius 3 is 2.39 bits per heavy atom. The van der Waals surface area contributed by atoms with Gasteiger partial charge in [0, 0.05) is 19.5 Å². The van der Waals surface area contributed by atoms with Crippen LogP contribution >= 0.6 is 0 Å².